The Labute approximate surface area is 133 Å². The summed E-state index contributed by atoms with van der Waals surface area (Å²) < 4.78 is 40.8. The van der Waals surface area contributed by atoms with E-state index < -0.39 is 15.8 Å². The van der Waals surface area contributed by atoms with Gasteiger partial charge in [-0.3, -0.25) is 0 Å². The van der Waals surface area contributed by atoms with Crippen LogP contribution in [0.4, 0.5) is 10.1 Å². The molecule has 118 valence electrons. The molecule has 7 heteroatoms. The first-order chi connectivity index (χ1) is 9.87. The quantitative estimate of drug-likeness (QED) is 0.815. The number of nitrogens with zero attached hydrogens (tertiary/aromatic N) is 1. The zero-order valence-electron chi connectivity index (χ0n) is 12.0. The van der Waals surface area contributed by atoms with Crippen molar-refractivity contribution in [3.63, 3.8) is 0 Å². The van der Waals surface area contributed by atoms with Gasteiger partial charge in [-0.25, -0.2) is 12.8 Å². The monoisotopic (exact) mass is 378 g/mol. The first-order valence-electron chi connectivity index (χ1n) is 7.14. The van der Waals surface area contributed by atoms with Gasteiger partial charge in [0, 0.05) is 12.6 Å². The number of nitrogens with two attached hydrogens (primary N) is 1. The number of benzene rings is 1. The van der Waals surface area contributed by atoms with Gasteiger partial charge in [-0.15, -0.1) is 0 Å². The topological polar surface area (TPSA) is 63.4 Å². The van der Waals surface area contributed by atoms with E-state index >= 15 is 0 Å². The predicted molar refractivity (Wildman–Crippen MR) is 85.0 cm³/mol. The van der Waals surface area contributed by atoms with Crippen molar-refractivity contribution < 1.29 is 12.8 Å². The molecule has 0 aliphatic heterocycles. The van der Waals surface area contributed by atoms with Gasteiger partial charge in [0.1, 0.15) is 10.7 Å². The SMILES string of the molecule is CCN(C1CCCCC1)S(=O)(=O)c1cc(Br)c(F)cc1N. The first kappa shape index (κ1) is 16.7. The highest BCUT2D eigenvalue weighted by Crippen LogP contribution is 2.32. The van der Waals surface area contributed by atoms with Crippen LogP contribution in [0.25, 0.3) is 0 Å². The summed E-state index contributed by atoms with van der Waals surface area (Å²) in [7, 11) is -3.71. The van der Waals surface area contributed by atoms with Crippen molar-refractivity contribution in [3.05, 3.63) is 22.4 Å². The zero-order chi connectivity index (χ0) is 15.6. The Morgan fingerprint density at radius 3 is 2.52 bits per heavy atom. The average molecular weight is 379 g/mol. The lowest BCUT2D eigenvalue weighted by Gasteiger charge is -2.32. The van der Waals surface area contributed by atoms with E-state index in [-0.39, 0.29) is 21.1 Å². The number of nitrogen functional groups attached to an aromatic ring is 1. The second kappa shape index (κ2) is 6.62. The summed E-state index contributed by atoms with van der Waals surface area (Å²) in [5.74, 6) is -0.563. The summed E-state index contributed by atoms with van der Waals surface area (Å²) >= 11 is 3.03. The Morgan fingerprint density at radius 1 is 1.33 bits per heavy atom. The highest BCUT2D eigenvalue weighted by atomic mass is 79.9. The third-order valence-corrected chi connectivity index (χ3v) is 6.62. The molecular weight excluding hydrogens is 359 g/mol. The number of anilines is 1. The molecule has 1 aliphatic rings. The first-order valence-corrected chi connectivity index (χ1v) is 9.37. The van der Waals surface area contributed by atoms with Gasteiger partial charge in [0.2, 0.25) is 10.0 Å². The Hall–Kier alpha value is -0.660. The molecule has 0 bridgehead atoms. The second-order valence-electron chi connectivity index (χ2n) is 5.30. The van der Waals surface area contributed by atoms with Crippen LogP contribution in [-0.2, 0) is 10.0 Å². The predicted octanol–water partition coefficient (Wildman–Crippen LogP) is 3.51. The molecule has 2 N–H and O–H groups in total. The smallest absolute Gasteiger partial charge is 0.245 e. The highest BCUT2D eigenvalue weighted by Gasteiger charge is 2.32. The van der Waals surface area contributed by atoms with Gasteiger partial charge < -0.3 is 5.73 Å². The lowest BCUT2D eigenvalue weighted by atomic mass is 9.95. The Bertz CT molecular complexity index is 616. The Kier molecular flexibility index (Phi) is 5.27. The molecule has 1 aromatic rings. The van der Waals surface area contributed by atoms with Crippen molar-refractivity contribution >= 4 is 31.6 Å². The summed E-state index contributed by atoms with van der Waals surface area (Å²) in [5, 5.41) is 0. The molecule has 21 heavy (non-hydrogen) atoms. The van der Waals surface area contributed by atoms with Crippen LogP contribution in [-0.4, -0.2) is 25.3 Å². The minimum atomic E-state index is -3.71. The number of rotatable bonds is 4. The molecule has 1 saturated carbocycles. The summed E-state index contributed by atoms with van der Waals surface area (Å²) in [5.41, 5.74) is 5.68. The number of sulfonamides is 1. The molecule has 1 fully saturated rings. The van der Waals surface area contributed by atoms with Gasteiger partial charge in [0.25, 0.3) is 0 Å². The van der Waals surface area contributed by atoms with Crippen LogP contribution in [0.2, 0.25) is 0 Å². The maximum Gasteiger partial charge on any atom is 0.245 e. The van der Waals surface area contributed by atoms with E-state index in [1.54, 1.807) is 0 Å². The van der Waals surface area contributed by atoms with Gasteiger partial charge in [-0.05, 0) is 40.9 Å². The molecule has 0 atom stereocenters. The molecule has 0 amide bonds. The van der Waals surface area contributed by atoms with Gasteiger partial charge in [-0.2, -0.15) is 4.31 Å². The van der Waals surface area contributed by atoms with E-state index in [0.29, 0.717) is 6.54 Å². The lowest BCUT2D eigenvalue weighted by molar-refractivity contribution is 0.261. The van der Waals surface area contributed by atoms with E-state index in [9.17, 15) is 12.8 Å². The van der Waals surface area contributed by atoms with Crippen molar-refractivity contribution in [3.8, 4) is 0 Å². The maximum absolute atomic E-state index is 13.5. The number of hydrogen-bond donors (Lipinski definition) is 1. The van der Waals surface area contributed by atoms with Gasteiger partial charge in [0.15, 0.2) is 0 Å². The second-order valence-corrected chi connectivity index (χ2v) is 8.02. The fourth-order valence-electron chi connectivity index (χ4n) is 2.89. The molecule has 0 heterocycles. The molecular formula is C14H20BrFN2O2S. The molecule has 2 rings (SSSR count). The average Bonchev–Trinajstić information content (AvgIpc) is 2.44. The molecule has 0 saturated heterocycles. The van der Waals surface area contributed by atoms with E-state index in [2.05, 4.69) is 15.9 Å². The van der Waals surface area contributed by atoms with Crippen LogP contribution in [0.5, 0.6) is 0 Å². The molecule has 1 aliphatic carbocycles. The largest absolute Gasteiger partial charge is 0.398 e. The summed E-state index contributed by atoms with van der Waals surface area (Å²) in [6.07, 6.45) is 4.97. The van der Waals surface area contributed by atoms with Gasteiger partial charge in [0.05, 0.1) is 10.2 Å². The molecule has 0 unspecified atom stereocenters. The van der Waals surface area contributed by atoms with Crippen molar-refractivity contribution in [1.82, 2.24) is 4.31 Å². The van der Waals surface area contributed by atoms with Gasteiger partial charge in [-0.1, -0.05) is 26.2 Å². The van der Waals surface area contributed by atoms with Crippen molar-refractivity contribution in [2.24, 2.45) is 0 Å². The number of hydrogen-bond acceptors (Lipinski definition) is 3. The molecule has 4 nitrogen and oxygen atoms in total. The fraction of sp³-hybridized carbons (Fsp3) is 0.571. The standard InChI is InChI=1S/C14H20BrFN2O2S/c1-2-18(10-6-4-3-5-7-10)21(19,20)14-8-11(15)12(16)9-13(14)17/h8-10H,2-7,17H2,1H3. The minimum Gasteiger partial charge on any atom is -0.398 e. The lowest BCUT2D eigenvalue weighted by Crippen LogP contribution is -2.41. The van der Waals surface area contributed by atoms with Crippen molar-refractivity contribution in [1.29, 1.82) is 0 Å². The van der Waals surface area contributed by atoms with Crippen LogP contribution in [0.1, 0.15) is 39.0 Å². The van der Waals surface area contributed by atoms with Crippen LogP contribution < -0.4 is 5.73 Å². The van der Waals surface area contributed by atoms with Crippen LogP contribution >= 0.6 is 15.9 Å². The zero-order valence-corrected chi connectivity index (χ0v) is 14.4. The minimum absolute atomic E-state index is 0.0111. The van der Waals surface area contributed by atoms with E-state index in [1.165, 1.54) is 10.4 Å². The molecule has 1 aromatic carbocycles. The molecule has 0 aromatic heterocycles. The summed E-state index contributed by atoms with van der Waals surface area (Å²) in [6.45, 7) is 2.21. The fourth-order valence-corrected chi connectivity index (χ4v) is 5.20. The highest BCUT2D eigenvalue weighted by molar-refractivity contribution is 9.10. The Morgan fingerprint density at radius 2 is 1.95 bits per heavy atom. The molecule has 0 radical (unpaired) electrons. The maximum atomic E-state index is 13.5. The summed E-state index contributed by atoms with van der Waals surface area (Å²) in [4.78, 5) is -0.0248. The Balaban J connectivity index is 2.41. The van der Waals surface area contributed by atoms with E-state index in [1.807, 2.05) is 6.92 Å². The van der Waals surface area contributed by atoms with E-state index in [0.717, 1.165) is 38.2 Å². The normalized spacial score (nSPS) is 17.3. The third-order valence-electron chi connectivity index (χ3n) is 3.93. The van der Waals surface area contributed by atoms with Crippen molar-refractivity contribution in [2.75, 3.05) is 12.3 Å². The molecule has 0 spiro atoms. The van der Waals surface area contributed by atoms with Crippen molar-refractivity contribution in [2.45, 2.75) is 50.0 Å². The van der Waals surface area contributed by atoms with Crippen LogP contribution in [0.15, 0.2) is 21.5 Å². The number of halogens is 2. The van der Waals surface area contributed by atoms with Crippen LogP contribution in [0.3, 0.4) is 0 Å². The van der Waals surface area contributed by atoms with E-state index in [4.69, 9.17) is 5.73 Å². The van der Waals surface area contributed by atoms with Crippen LogP contribution in [0, 0.1) is 5.82 Å². The summed E-state index contributed by atoms with van der Waals surface area (Å²) in [6, 6.07) is 2.31. The van der Waals surface area contributed by atoms with Gasteiger partial charge >= 0.3 is 0 Å². The third kappa shape index (κ3) is 3.40.